The third-order valence-corrected chi connectivity index (χ3v) is 3.46. The number of carboxylic acid groups (broad SMARTS) is 1. The molecule has 1 unspecified atom stereocenters. The minimum absolute atomic E-state index is 0.249. The Balaban J connectivity index is 1.80. The van der Waals surface area contributed by atoms with E-state index in [1.54, 1.807) is 10.7 Å². The molecule has 0 aliphatic heterocycles. The van der Waals surface area contributed by atoms with E-state index in [-0.39, 0.29) is 6.42 Å². The third-order valence-electron chi connectivity index (χ3n) is 3.46. The highest BCUT2D eigenvalue weighted by atomic mass is 16.4. The molecule has 2 N–H and O–H groups in total. The van der Waals surface area contributed by atoms with Gasteiger partial charge in [0.25, 0.3) is 0 Å². The summed E-state index contributed by atoms with van der Waals surface area (Å²) in [4.78, 5) is 15.0. The molecule has 108 valence electrons. The molecule has 0 saturated carbocycles. The van der Waals surface area contributed by atoms with Crippen molar-refractivity contribution in [3.63, 3.8) is 0 Å². The lowest BCUT2D eigenvalue weighted by Gasteiger charge is -2.14. The minimum Gasteiger partial charge on any atom is -0.481 e. The van der Waals surface area contributed by atoms with Crippen LogP contribution in [0.25, 0.3) is 5.65 Å². The van der Waals surface area contributed by atoms with Gasteiger partial charge in [-0.25, -0.2) is 9.50 Å². The molecule has 1 atom stereocenters. The van der Waals surface area contributed by atoms with Gasteiger partial charge in [0.05, 0.1) is 6.20 Å². The largest absolute Gasteiger partial charge is 0.481 e. The lowest BCUT2D eigenvalue weighted by Crippen LogP contribution is -2.11. The molecule has 6 nitrogen and oxygen atoms in total. The van der Waals surface area contributed by atoms with Crippen molar-refractivity contribution < 1.29 is 9.90 Å². The second-order valence-electron chi connectivity index (χ2n) is 4.87. The number of aliphatic carboxylic acids is 1. The molecule has 0 radical (unpaired) electrons. The molecule has 20 heavy (non-hydrogen) atoms. The predicted octanol–water partition coefficient (Wildman–Crippen LogP) is 2.42. The quantitative estimate of drug-likeness (QED) is 0.774. The van der Waals surface area contributed by atoms with Crippen molar-refractivity contribution in [2.24, 2.45) is 5.92 Å². The number of nitrogens with zero attached hydrogens (tertiary/aromatic N) is 3. The first-order valence-electron chi connectivity index (χ1n) is 6.95. The van der Waals surface area contributed by atoms with E-state index in [1.807, 2.05) is 18.3 Å². The van der Waals surface area contributed by atoms with Gasteiger partial charge in [-0.15, -0.1) is 0 Å². The van der Waals surface area contributed by atoms with Crippen molar-refractivity contribution in [2.45, 2.75) is 32.6 Å². The summed E-state index contributed by atoms with van der Waals surface area (Å²) in [5.41, 5.74) is 0.813. The Morgan fingerprint density at radius 2 is 2.30 bits per heavy atom. The Bertz CT molecular complexity index is 567. The molecule has 0 aliphatic carbocycles. The minimum atomic E-state index is -0.718. The van der Waals surface area contributed by atoms with E-state index in [4.69, 9.17) is 5.11 Å². The van der Waals surface area contributed by atoms with Crippen molar-refractivity contribution in [3.8, 4) is 0 Å². The first-order chi connectivity index (χ1) is 9.69. The number of aromatic nitrogens is 3. The fourth-order valence-electron chi connectivity index (χ4n) is 2.20. The smallest absolute Gasteiger partial charge is 0.303 e. The van der Waals surface area contributed by atoms with Crippen molar-refractivity contribution in [1.29, 1.82) is 0 Å². The van der Waals surface area contributed by atoms with E-state index in [9.17, 15) is 4.79 Å². The summed E-state index contributed by atoms with van der Waals surface area (Å²) in [5, 5.41) is 16.1. The fourth-order valence-corrected chi connectivity index (χ4v) is 2.20. The molecule has 0 amide bonds. The van der Waals surface area contributed by atoms with Gasteiger partial charge in [0.2, 0.25) is 0 Å². The van der Waals surface area contributed by atoms with Crippen LogP contribution in [-0.2, 0) is 4.79 Å². The molecule has 2 heterocycles. The Labute approximate surface area is 117 Å². The molecule has 0 bridgehead atoms. The van der Waals surface area contributed by atoms with Crippen LogP contribution in [0, 0.1) is 5.92 Å². The van der Waals surface area contributed by atoms with Gasteiger partial charge in [0.15, 0.2) is 5.65 Å². The molecule has 2 aromatic heterocycles. The van der Waals surface area contributed by atoms with Gasteiger partial charge < -0.3 is 10.4 Å². The van der Waals surface area contributed by atoms with E-state index in [0.717, 1.165) is 37.3 Å². The first-order valence-corrected chi connectivity index (χ1v) is 6.95. The molecule has 2 rings (SSSR count). The van der Waals surface area contributed by atoms with E-state index in [2.05, 4.69) is 22.3 Å². The van der Waals surface area contributed by atoms with Gasteiger partial charge in [0, 0.05) is 25.2 Å². The summed E-state index contributed by atoms with van der Waals surface area (Å²) < 4.78 is 1.72. The summed E-state index contributed by atoms with van der Waals surface area (Å²) in [6.07, 6.45) is 6.53. The average molecular weight is 276 g/mol. The van der Waals surface area contributed by atoms with Crippen molar-refractivity contribution >= 4 is 17.4 Å². The van der Waals surface area contributed by atoms with Gasteiger partial charge >= 0.3 is 5.97 Å². The van der Waals surface area contributed by atoms with E-state index in [1.165, 1.54) is 0 Å². The summed E-state index contributed by atoms with van der Waals surface area (Å²) >= 11 is 0. The van der Waals surface area contributed by atoms with Gasteiger partial charge in [-0.2, -0.15) is 5.10 Å². The average Bonchev–Trinajstić information content (AvgIpc) is 2.89. The first kappa shape index (κ1) is 14.3. The Kier molecular flexibility index (Phi) is 4.92. The monoisotopic (exact) mass is 276 g/mol. The topological polar surface area (TPSA) is 79.5 Å². The van der Waals surface area contributed by atoms with Crippen LogP contribution in [0.1, 0.15) is 32.6 Å². The van der Waals surface area contributed by atoms with Crippen LogP contribution in [0.5, 0.6) is 0 Å². The fraction of sp³-hybridized carbons (Fsp3) is 0.500. The highest BCUT2D eigenvalue weighted by molar-refractivity contribution is 5.66. The number of nitrogens with one attached hydrogen (secondary N) is 1. The molecule has 0 spiro atoms. The molecule has 0 aliphatic rings. The Morgan fingerprint density at radius 3 is 3.05 bits per heavy atom. The van der Waals surface area contributed by atoms with Crippen molar-refractivity contribution in [3.05, 3.63) is 24.5 Å². The summed E-state index contributed by atoms with van der Waals surface area (Å²) in [6.45, 7) is 2.90. The molecular formula is C14H20N4O2. The van der Waals surface area contributed by atoms with Crippen LogP contribution in [0.2, 0.25) is 0 Å². The van der Waals surface area contributed by atoms with Crippen LogP contribution >= 0.6 is 0 Å². The maximum atomic E-state index is 10.6. The van der Waals surface area contributed by atoms with E-state index >= 15 is 0 Å². The standard InChI is InChI=1S/C14H20N4O2/c1-2-11(3-4-14(19)20)5-8-15-12-7-10-18-13(17-12)6-9-16-18/h6-7,9-11H,2-5,8H2,1H3,(H,15,17)(H,19,20). The summed E-state index contributed by atoms with van der Waals surface area (Å²) in [5.74, 6) is 0.549. The lowest BCUT2D eigenvalue weighted by molar-refractivity contribution is -0.137. The second-order valence-corrected chi connectivity index (χ2v) is 4.87. The number of carbonyl (C=O) groups is 1. The molecule has 6 heteroatoms. The highest BCUT2D eigenvalue weighted by Crippen LogP contribution is 2.16. The van der Waals surface area contributed by atoms with Crippen LogP contribution in [0.4, 0.5) is 5.82 Å². The van der Waals surface area contributed by atoms with Crippen molar-refractivity contribution in [1.82, 2.24) is 14.6 Å². The van der Waals surface area contributed by atoms with Gasteiger partial charge in [0.1, 0.15) is 5.82 Å². The summed E-state index contributed by atoms with van der Waals surface area (Å²) in [7, 11) is 0. The zero-order valence-electron chi connectivity index (χ0n) is 11.6. The highest BCUT2D eigenvalue weighted by Gasteiger charge is 2.09. The van der Waals surface area contributed by atoms with Crippen molar-refractivity contribution in [2.75, 3.05) is 11.9 Å². The molecule has 0 saturated heterocycles. The predicted molar refractivity (Wildman–Crippen MR) is 76.7 cm³/mol. The molecule has 2 aromatic rings. The number of carboxylic acids is 1. The number of hydrogen-bond donors (Lipinski definition) is 2. The zero-order valence-corrected chi connectivity index (χ0v) is 11.6. The SMILES string of the molecule is CCC(CCNc1ccn2nccc2n1)CCC(=O)O. The van der Waals surface area contributed by atoms with Crippen LogP contribution in [0.15, 0.2) is 24.5 Å². The maximum absolute atomic E-state index is 10.6. The third kappa shape index (κ3) is 3.94. The molecular weight excluding hydrogens is 256 g/mol. The van der Waals surface area contributed by atoms with E-state index in [0.29, 0.717) is 5.92 Å². The number of hydrogen-bond acceptors (Lipinski definition) is 4. The maximum Gasteiger partial charge on any atom is 0.303 e. The summed E-state index contributed by atoms with van der Waals surface area (Å²) in [6, 6.07) is 3.74. The van der Waals surface area contributed by atoms with Crippen LogP contribution in [-0.4, -0.2) is 32.2 Å². The van der Waals surface area contributed by atoms with Gasteiger partial charge in [-0.1, -0.05) is 13.3 Å². The number of rotatable bonds is 8. The second kappa shape index (κ2) is 6.88. The Hall–Kier alpha value is -2.11. The van der Waals surface area contributed by atoms with Crippen LogP contribution < -0.4 is 5.32 Å². The van der Waals surface area contributed by atoms with Gasteiger partial charge in [-0.05, 0) is 24.8 Å². The molecule has 0 aromatic carbocycles. The van der Waals surface area contributed by atoms with Gasteiger partial charge in [-0.3, -0.25) is 4.79 Å². The number of anilines is 1. The zero-order chi connectivity index (χ0) is 14.4. The normalized spacial score (nSPS) is 12.4. The van der Waals surface area contributed by atoms with Crippen LogP contribution in [0.3, 0.4) is 0 Å². The molecule has 0 fully saturated rings. The Morgan fingerprint density at radius 1 is 1.45 bits per heavy atom. The lowest BCUT2D eigenvalue weighted by atomic mass is 9.97. The van der Waals surface area contributed by atoms with E-state index < -0.39 is 5.97 Å². The number of fused-ring (bicyclic) bond motifs is 1.